The number of amides is 3. The van der Waals surface area contributed by atoms with Gasteiger partial charge in [-0.1, -0.05) is 68.8 Å². The fourth-order valence-electron chi connectivity index (χ4n) is 6.20. The molecule has 0 unspecified atom stereocenters. The molecule has 4 aromatic rings. The number of alkyl carbamates (subject to hydrolysis) is 1. The van der Waals surface area contributed by atoms with Crippen LogP contribution in [0.25, 0.3) is 33.6 Å². The minimum Gasteiger partial charge on any atom is -0.453 e. The molecule has 0 radical (unpaired) electrons. The van der Waals surface area contributed by atoms with Gasteiger partial charge in [-0.2, -0.15) is 0 Å². The summed E-state index contributed by atoms with van der Waals surface area (Å²) >= 11 is 0. The topological polar surface area (TPSA) is 146 Å². The van der Waals surface area contributed by atoms with Crippen molar-refractivity contribution in [2.24, 2.45) is 0 Å². The first kappa shape index (κ1) is 36.2. The zero-order valence-corrected chi connectivity index (χ0v) is 29.9. The average molecular weight is 684 g/mol. The van der Waals surface area contributed by atoms with E-state index in [1.54, 1.807) is 16.0 Å². The van der Waals surface area contributed by atoms with Crippen LogP contribution in [-0.4, -0.2) is 79.7 Å². The molecule has 0 saturated carbocycles. The number of likely N-dealkylation sites (tertiary alicyclic amines) is 1. The number of hydrogen-bond donors (Lipinski definition) is 3. The zero-order chi connectivity index (χ0) is 35.8. The highest BCUT2D eigenvalue weighted by atomic mass is 16.6. The summed E-state index contributed by atoms with van der Waals surface area (Å²) in [7, 11) is 1.29. The molecule has 1 fully saturated rings. The van der Waals surface area contributed by atoms with Crippen molar-refractivity contribution in [3.8, 4) is 33.6 Å². The lowest BCUT2D eigenvalue weighted by Crippen LogP contribution is -2.48. The Morgan fingerprint density at radius 1 is 0.920 bits per heavy atom. The number of nitrogens with one attached hydrogen (secondary N) is 3. The predicted octanol–water partition coefficient (Wildman–Crippen LogP) is 7.47. The van der Waals surface area contributed by atoms with E-state index in [1.807, 2.05) is 52.9 Å². The molecule has 12 heteroatoms. The Morgan fingerprint density at radius 2 is 1.52 bits per heavy atom. The number of nitrogens with zero attached hydrogens (tertiary/aromatic N) is 4. The fourth-order valence-corrected chi connectivity index (χ4v) is 6.20. The summed E-state index contributed by atoms with van der Waals surface area (Å²) in [6.07, 6.45) is 6.47. The molecule has 1 aliphatic rings. The van der Waals surface area contributed by atoms with E-state index in [2.05, 4.69) is 61.7 Å². The Labute approximate surface area is 294 Å². The van der Waals surface area contributed by atoms with Crippen LogP contribution in [0.5, 0.6) is 0 Å². The van der Waals surface area contributed by atoms with Crippen LogP contribution >= 0.6 is 0 Å². The highest BCUT2D eigenvalue weighted by Crippen LogP contribution is 2.33. The van der Waals surface area contributed by atoms with Gasteiger partial charge in [0.1, 0.15) is 23.3 Å². The van der Waals surface area contributed by atoms with Crippen LogP contribution in [0.3, 0.4) is 0 Å². The minimum absolute atomic E-state index is 0.131. The monoisotopic (exact) mass is 683 g/mol. The van der Waals surface area contributed by atoms with Crippen molar-refractivity contribution in [2.75, 3.05) is 20.2 Å². The van der Waals surface area contributed by atoms with Gasteiger partial charge in [0, 0.05) is 13.1 Å². The van der Waals surface area contributed by atoms with E-state index in [0.29, 0.717) is 31.9 Å². The molecule has 1 aliphatic heterocycles. The Kier molecular flexibility index (Phi) is 11.6. The number of aromatic nitrogens is 4. The van der Waals surface area contributed by atoms with Crippen LogP contribution in [-0.2, 0) is 20.8 Å². The molecule has 12 nitrogen and oxygen atoms in total. The number of rotatable bonds is 12. The smallest absolute Gasteiger partial charge is 0.410 e. The molecule has 1 saturated heterocycles. The first-order valence-corrected chi connectivity index (χ1v) is 17.4. The minimum atomic E-state index is -0.652. The molecule has 2 atom stereocenters. The summed E-state index contributed by atoms with van der Waals surface area (Å²) < 4.78 is 10.4. The van der Waals surface area contributed by atoms with E-state index < -0.39 is 17.7 Å². The highest BCUT2D eigenvalue weighted by Gasteiger charge is 2.35. The van der Waals surface area contributed by atoms with Crippen LogP contribution in [0.15, 0.2) is 60.9 Å². The summed E-state index contributed by atoms with van der Waals surface area (Å²) in [5, 5.41) is 2.67. The van der Waals surface area contributed by atoms with E-state index in [4.69, 9.17) is 9.47 Å². The van der Waals surface area contributed by atoms with E-state index in [0.717, 1.165) is 65.1 Å². The molecule has 50 heavy (non-hydrogen) atoms. The van der Waals surface area contributed by atoms with Crippen LogP contribution in [0.2, 0.25) is 0 Å². The van der Waals surface area contributed by atoms with Crippen molar-refractivity contribution < 1.29 is 23.9 Å². The zero-order valence-electron chi connectivity index (χ0n) is 29.9. The van der Waals surface area contributed by atoms with Gasteiger partial charge in [0.15, 0.2) is 0 Å². The molecule has 2 aromatic heterocycles. The summed E-state index contributed by atoms with van der Waals surface area (Å²) in [5.74, 6) is 1.28. The number of H-pyrrole nitrogens is 2. The molecule has 2 aromatic carbocycles. The molecular formula is C38H49N7O5. The Morgan fingerprint density at radius 3 is 2.10 bits per heavy atom. The Hall–Kier alpha value is -5.13. The Balaban J connectivity index is 1.22. The average Bonchev–Trinajstić information content (AvgIpc) is 3.88. The van der Waals surface area contributed by atoms with E-state index in [-0.39, 0.29) is 18.0 Å². The molecule has 0 spiro atoms. The van der Waals surface area contributed by atoms with Gasteiger partial charge in [0.2, 0.25) is 5.91 Å². The van der Waals surface area contributed by atoms with Crippen molar-refractivity contribution in [1.82, 2.24) is 35.1 Å². The first-order valence-electron chi connectivity index (χ1n) is 17.4. The lowest BCUT2D eigenvalue weighted by molar-refractivity contribution is -0.134. The van der Waals surface area contributed by atoms with Crippen molar-refractivity contribution in [2.45, 2.75) is 91.0 Å². The van der Waals surface area contributed by atoms with Crippen molar-refractivity contribution in [3.05, 3.63) is 72.6 Å². The number of carbonyl (C=O) groups excluding carboxylic acids is 3. The first-order chi connectivity index (χ1) is 24.0. The van der Waals surface area contributed by atoms with Gasteiger partial charge < -0.3 is 29.7 Å². The quantitative estimate of drug-likeness (QED) is 0.140. The number of aromatic amines is 2. The van der Waals surface area contributed by atoms with Gasteiger partial charge >= 0.3 is 12.2 Å². The maximum absolute atomic E-state index is 13.3. The van der Waals surface area contributed by atoms with Crippen LogP contribution in [0.1, 0.15) is 84.4 Å². The second-order valence-corrected chi connectivity index (χ2v) is 13.6. The van der Waals surface area contributed by atoms with Crippen LogP contribution < -0.4 is 5.32 Å². The third-order valence-corrected chi connectivity index (χ3v) is 8.64. The summed E-state index contributed by atoms with van der Waals surface area (Å²) in [6, 6.07) is 15.8. The Bertz CT molecular complexity index is 1740. The van der Waals surface area contributed by atoms with E-state index >= 15 is 0 Å². The number of benzene rings is 2. The molecule has 266 valence electrons. The van der Waals surface area contributed by atoms with Gasteiger partial charge in [-0.3, -0.25) is 9.69 Å². The molecule has 5 rings (SSSR count). The second-order valence-electron chi connectivity index (χ2n) is 13.6. The summed E-state index contributed by atoms with van der Waals surface area (Å²) in [4.78, 5) is 57.5. The van der Waals surface area contributed by atoms with E-state index in [1.165, 1.54) is 7.11 Å². The maximum Gasteiger partial charge on any atom is 0.410 e. The number of ether oxygens (including phenoxy) is 2. The van der Waals surface area contributed by atoms with Gasteiger partial charge in [0.05, 0.1) is 43.5 Å². The predicted molar refractivity (Wildman–Crippen MR) is 192 cm³/mol. The fraction of sp³-hybridized carbons (Fsp3) is 0.447. The number of carbonyl (C=O) groups is 3. The van der Waals surface area contributed by atoms with Gasteiger partial charge in [0.25, 0.3) is 0 Å². The van der Waals surface area contributed by atoms with Crippen LogP contribution in [0.4, 0.5) is 9.59 Å². The van der Waals surface area contributed by atoms with Crippen LogP contribution in [0, 0.1) is 0 Å². The highest BCUT2D eigenvalue weighted by molar-refractivity contribution is 5.85. The number of imidazole rings is 2. The maximum atomic E-state index is 13.3. The van der Waals surface area contributed by atoms with Gasteiger partial charge in [-0.05, 0) is 68.7 Å². The van der Waals surface area contributed by atoms with Crippen molar-refractivity contribution >= 4 is 18.1 Å². The largest absolute Gasteiger partial charge is 0.453 e. The summed E-state index contributed by atoms with van der Waals surface area (Å²) in [6.45, 7) is 11.1. The standard InChI is InChI=1S/C38H49N7O5/c1-7-10-29(43-36(47)49-6)35(46)44(20-8-2)24-33-39-22-30(41-33)27-16-12-25(13-17-27)26-14-18-28(19-15-26)31-23-40-34(42-31)32-11-9-21-45(32)37(48)50-38(3,4)5/h12-19,22-23,29,32H,7-11,20-21,24H2,1-6H3,(H,39,41)(H,40,42)(H,43,47)/t29-,32-/m0/s1. The molecule has 3 N–H and O–H groups in total. The normalized spacial score (nSPS) is 15.1. The molecule has 3 amide bonds. The summed E-state index contributed by atoms with van der Waals surface area (Å²) in [5.41, 5.74) is 5.34. The van der Waals surface area contributed by atoms with E-state index in [9.17, 15) is 14.4 Å². The number of methoxy groups -OCH3 is 1. The number of hydrogen-bond acceptors (Lipinski definition) is 7. The van der Waals surface area contributed by atoms with Crippen molar-refractivity contribution in [1.29, 1.82) is 0 Å². The molecule has 0 aliphatic carbocycles. The van der Waals surface area contributed by atoms with Gasteiger partial charge in [-0.25, -0.2) is 19.6 Å². The third-order valence-electron chi connectivity index (χ3n) is 8.64. The van der Waals surface area contributed by atoms with Gasteiger partial charge in [-0.15, -0.1) is 0 Å². The molecule has 0 bridgehead atoms. The second kappa shape index (κ2) is 16.1. The van der Waals surface area contributed by atoms with Crippen molar-refractivity contribution in [3.63, 3.8) is 0 Å². The SMILES string of the molecule is CCC[C@H](NC(=O)OC)C(=O)N(CCC)Cc1ncc(-c2ccc(-c3ccc(-c4cnc([C@@H]5CCCN5C(=O)OC(C)(C)C)[nH]4)cc3)cc2)[nH]1. The lowest BCUT2D eigenvalue weighted by Gasteiger charge is -2.27. The third kappa shape index (κ3) is 8.90. The lowest BCUT2D eigenvalue weighted by atomic mass is 10.0. The molecular weight excluding hydrogens is 634 g/mol. The molecule has 3 heterocycles.